The molecular weight excluding hydrogens is 412 g/mol. The van der Waals surface area contributed by atoms with Gasteiger partial charge in [-0.3, -0.25) is 14.7 Å². The van der Waals surface area contributed by atoms with Crippen molar-refractivity contribution < 1.29 is 24.2 Å². The number of aliphatic carboxylic acids is 1. The Hall–Kier alpha value is -2.91. The van der Waals surface area contributed by atoms with Crippen molar-refractivity contribution in [2.45, 2.75) is 13.0 Å². The largest absolute Gasteiger partial charge is 0.493 e. The second-order valence-electron chi connectivity index (χ2n) is 6.08. The van der Waals surface area contributed by atoms with Crippen molar-refractivity contribution in [3.8, 4) is 22.8 Å². The van der Waals surface area contributed by atoms with Gasteiger partial charge in [0.2, 0.25) is 0 Å². The Morgan fingerprint density at radius 3 is 2.62 bits per heavy atom. The van der Waals surface area contributed by atoms with Crippen molar-refractivity contribution >= 4 is 46.3 Å². The number of carbonyl (C=O) groups is 2. The summed E-state index contributed by atoms with van der Waals surface area (Å²) >= 11 is 6.24. The standard InChI is InChI=1S/C20H18N2O5S2/c1-11(19(24)25)22-18(23)16(29-20(22)28)9-12-7-8-14(21-10-12)13-5-4-6-15(26-2)17(13)27-3/h4-11H,1-3H3,(H,24,25)/b16-9-/t11-/m0/s1. The molecule has 3 rings (SSSR count). The van der Waals surface area contributed by atoms with Crippen LogP contribution in [0.3, 0.4) is 0 Å². The van der Waals surface area contributed by atoms with Gasteiger partial charge in [-0.15, -0.1) is 0 Å². The van der Waals surface area contributed by atoms with Gasteiger partial charge < -0.3 is 14.6 Å². The highest BCUT2D eigenvalue weighted by Crippen LogP contribution is 2.37. The molecule has 0 radical (unpaired) electrons. The van der Waals surface area contributed by atoms with Gasteiger partial charge in [0.1, 0.15) is 10.4 Å². The molecule has 29 heavy (non-hydrogen) atoms. The number of thiocarbonyl (C=S) groups is 1. The summed E-state index contributed by atoms with van der Waals surface area (Å²) in [6.45, 7) is 1.42. The molecule has 1 fully saturated rings. The van der Waals surface area contributed by atoms with Crippen molar-refractivity contribution in [2.75, 3.05) is 14.2 Å². The van der Waals surface area contributed by atoms with Crippen LogP contribution in [0.5, 0.6) is 11.5 Å². The number of hydrogen-bond acceptors (Lipinski definition) is 7. The molecule has 7 nitrogen and oxygen atoms in total. The normalized spacial score (nSPS) is 16.2. The van der Waals surface area contributed by atoms with Crippen LogP contribution >= 0.6 is 24.0 Å². The molecule has 1 amide bonds. The fourth-order valence-electron chi connectivity index (χ4n) is 2.81. The van der Waals surface area contributed by atoms with Gasteiger partial charge in [0.15, 0.2) is 11.5 Å². The molecule has 1 aromatic heterocycles. The molecule has 1 aliphatic heterocycles. The van der Waals surface area contributed by atoms with Gasteiger partial charge in [-0.1, -0.05) is 36.1 Å². The molecule has 0 spiro atoms. The SMILES string of the molecule is COc1cccc(-c2ccc(/C=C3\SC(=S)N([C@@H](C)C(=O)O)C3=O)cn2)c1OC. The predicted molar refractivity (Wildman–Crippen MR) is 115 cm³/mol. The van der Waals surface area contributed by atoms with Gasteiger partial charge in [0.25, 0.3) is 5.91 Å². The van der Waals surface area contributed by atoms with Crippen molar-refractivity contribution in [3.05, 3.63) is 47.0 Å². The fourth-order valence-corrected chi connectivity index (χ4v) is 4.23. The molecule has 0 unspecified atom stereocenters. The van der Waals surface area contributed by atoms with E-state index >= 15 is 0 Å². The summed E-state index contributed by atoms with van der Waals surface area (Å²) in [5, 5.41) is 9.16. The van der Waals surface area contributed by atoms with Crippen LogP contribution in [0.25, 0.3) is 17.3 Å². The highest BCUT2D eigenvalue weighted by atomic mass is 32.2. The van der Waals surface area contributed by atoms with E-state index in [2.05, 4.69) is 4.98 Å². The molecule has 1 aliphatic rings. The summed E-state index contributed by atoms with van der Waals surface area (Å²) in [6.07, 6.45) is 3.27. The zero-order chi connectivity index (χ0) is 21.1. The summed E-state index contributed by atoms with van der Waals surface area (Å²) < 4.78 is 11.0. The zero-order valence-electron chi connectivity index (χ0n) is 15.9. The molecule has 0 aliphatic carbocycles. The molecule has 1 N–H and O–H groups in total. The van der Waals surface area contributed by atoms with Gasteiger partial charge in [0.05, 0.1) is 24.8 Å². The van der Waals surface area contributed by atoms with Crippen molar-refractivity contribution in [1.82, 2.24) is 9.88 Å². The zero-order valence-corrected chi connectivity index (χ0v) is 17.5. The van der Waals surface area contributed by atoms with Crippen LogP contribution in [0.15, 0.2) is 41.4 Å². The molecule has 1 aromatic carbocycles. The van der Waals surface area contributed by atoms with Gasteiger partial charge in [-0.2, -0.15) is 0 Å². The first-order valence-electron chi connectivity index (χ1n) is 8.54. The molecule has 0 bridgehead atoms. The highest BCUT2D eigenvalue weighted by Gasteiger charge is 2.38. The Labute approximate surface area is 177 Å². The maximum atomic E-state index is 12.5. The second kappa shape index (κ2) is 8.62. The summed E-state index contributed by atoms with van der Waals surface area (Å²) in [5.41, 5.74) is 2.16. The molecule has 9 heteroatoms. The van der Waals surface area contributed by atoms with Gasteiger partial charge in [-0.05, 0) is 36.8 Å². The third-order valence-corrected chi connectivity index (χ3v) is 5.66. The first-order chi connectivity index (χ1) is 13.9. The minimum absolute atomic E-state index is 0.224. The van der Waals surface area contributed by atoms with Gasteiger partial charge >= 0.3 is 5.97 Å². The maximum absolute atomic E-state index is 12.5. The Balaban J connectivity index is 1.88. The van der Waals surface area contributed by atoms with Crippen molar-refractivity contribution in [2.24, 2.45) is 0 Å². The van der Waals surface area contributed by atoms with Crippen LogP contribution in [0, 0.1) is 0 Å². The number of benzene rings is 1. The van der Waals surface area contributed by atoms with Crippen LogP contribution in [-0.4, -0.2) is 51.4 Å². The minimum Gasteiger partial charge on any atom is -0.493 e. The van der Waals surface area contributed by atoms with E-state index in [4.69, 9.17) is 26.8 Å². The smallest absolute Gasteiger partial charge is 0.326 e. The minimum atomic E-state index is -1.11. The van der Waals surface area contributed by atoms with Crippen molar-refractivity contribution in [1.29, 1.82) is 0 Å². The van der Waals surface area contributed by atoms with E-state index in [1.807, 2.05) is 24.3 Å². The summed E-state index contributed by atoms with van der Waals surface area (Å²) in [5.74, 6) is -0.347. The van der Waals surface area contributed by atoms with Crippen LogP contribution in [-0.2, 0) is 9.59 Å². The number of ether oxygens (including phenoxy) is 2. The summed E-state index contributed by atoms with van der Waals surface area (Å²) in [4.78, 5) is 29.7. The third-order valence-electron chi connectivity index (χ3n) is 4.33. The second-order valence-corrected chi connectivity index (χ2v) is 7.76. The lowest BCUT2D eigenvalue weighted by atomic mass is 10.1. The molecule has 0 saturated carbocycles. The van der Waals surface area contributed by atoms with E-state index in [-0.39, 0.29) is 4.32 Å². The number of methoxy groups -OCH3 is 2. The Kier molecular flexibility index (Phi) is 6.19. The van der Waals surface area contributed by atoms with Crippen LogP contribution in [0.1, 0.15) is 12.5 Å². The van der Waals surface area contributed by atoms with Crippen LogP contribution in [0.4, 0.5) is 0 Å². The molecule has 1 saturated heterocycles. The van der Waals surface area contributed by atoms with E-state index in [1.165, 1.54) is 6.92 Å². The average molecular weight is 431 g/mol. The Morgan fingerprint density at radius 2 is 2.03 bits per heavy atom. The Bertz CT molecular complexity index is 1000. The molecule has 1 atom stereocenters. The lowest BCUT2D eigenvalue weighted by Crippen LogP contribution is -2.41. The number of carboxylic acid groups (broad SMARTS) is 1. The summed E-state index contributed by atoms with van der Waals surface area (Å²) in [6, 6.07) is 8.13. The molecule has 2 heterocycles. The van der Waals surface area contributed by atoms with E-state index in [1.54, 1.807) is 32.6 Å². The van der Waals surface area contributed by atoms with Crippen molar-refractivity contribution in [3.63, 3.8) is 0 Å². The lowest BCUT2D eigenvalue weighted by molar-refractivity contribution is -0.144. The first kappa shape index (κ1) is 20.8. The Morgan fingerprint density at radius 1 is 1.28 bits per heavy atom. The number of nitrogens with zero attached hydrogens (tertiary/aromatic N) is 2. The monoisotopic (exact) mass is 430 g/mol. The number of rotatable bonds is 6. The van der Waals surface area contributed by atoms with Gasteiger partial charge in [-0.25, -0.2) is 4.79 Å². The fraction of sp³-hybridized carbons (Fsp3) is 0.200. The van der Waals surface area contributed by atoms with E-state index < -0.39 is 17.9 Å². The summed E-state index contributed by atoms with van der Waals surface area (Å²) in [7, 11) is 3.13. The number of pyridine rings is 1. The van der Waals surface area contributed by atoms with Crippen LogP contribution < -0.4 is 9.47 Å². The third kappa shape index (κ3) is 4.10. The van der Waals surface area contributed by atoms with E-state index in [0.29, 0.717) is 27.7 Å². The van der Waals surface area contributed by atoms with Gasteiger partial charge in [0, 0.05) is 11.8 Å². The number of aromatic nitrogens is 1. The molecular formula is C20H18N2O5S2. The molecule has 150 valence electrons. The lowest BCUT2D eigenvalue weighted by Gasteiger charge is -2.18. The number of hydrogen-bond donors (Lipinski definition) is 1. The number of thioether (sulfide) groups is 1. The number of carbonyl (C=O) groups excluding carboxylic acids is 1. The first-order valence-corrected chi connectivity index (χ1v) is 9.77. The number of para-hydroxylation sites is 1. The topological polar surface area (TPSA) is 89.0 Å². The van der Waals surface area contributed by atoms with E-state index in [9.17, 15) is 9.59 Å². The molecule has 2 aromatic rings. The predicted octanol–water partition coefficient (Wildman–Crippen LogP) is 3.44. The highest BCUT2D eigenvalue weighted by molar-refractivity contribution is 8.26. The number of carboxylic acids is 1. The average Bonchev–Trinajstić information content (AvgIpc) is 3.00. The maximum Gasteiger partial charge on any atom is 0.326 e. The quantitative estimate of drug-likeness (QED) is 0.551. The van der Waals surface area contributed by atoms with Crippen LogP contribution in [0.2, 0.25) is 0 Å². The van der Waals surface area contributed by atoms with E-state index in [0.717, 1.165) is 22.2 Å². The number of amides is 1.